The van der Waals surface area contributed by atoms with Gasteiger partial charge in [0.25, 0.3) is 0 Å². The predicted octanol–water partition coefficient (Wildman–Crippen LogP) is 2.13. The fourth-order valence-corrected chi connectivity index (χ4v) is 2.21. The Balaban J connectivity index is 1.85. The van der Waals surface area contributed by atoms with Crippen LogP contribution in [0, 0.1) is 0 Å². The highest BCUT2D eigenvalue weighted by Gasteiger charge is 2.33. The highest BCUT2D eigenvalue weighted by atomic mass is 79.9. The van der Waals surface area contributed by atoms with Gasteiger partial charge in [0.2, 0.25) is 11.7 Å². The van der Waals surface area contributed by atoms with Crippen molar-refractivity contribution in [2.24, 2.45) is 0 Å². The van der Waals surface area contributed by atoms with Crippen molar-refractivity contribution in [3.8, 4) is 11.4 Å². The summed E-state index contributed by atoms with van der Waals surface area (Å²) in [6, 6.07) is 1.89. The molecule has 0 spiro atoms. The molecule has 0 bridgehead atoms. The Bertz CT molecular complexity index is 537. The maximum absolute atomic E-state index is 9.23. The first-order valence-electron chi connectivity index (χ1n) is 5.35. The van der Waals surface area contributed by atoms with Crippen LogP contribution in [-0.2, 0) is 0 Å². The molecule has 0 atom stereocenters. The van der Waals surface area contributed by atoms with Crippen LogP contribution in [-0.4, -0.2) is 26.3 Å². The van der Waals surface area contributed by atoms with Gasteiger partial charge in [0.05, 0.1) is 6.10 Å². The van der Waals surface area contributed by atoms with E-state index in [0.717, 1.165) is 10.0 Å². The second kappa shape index (κ2) is 4.19. The van der Waals surface area contributed by atoms with E-state index in [1.165, 1.54) is 0 Å². The summed E-state index contributed by atoms with van der Waals surface area (Å²) in [7, 11) is 0. The molecule has 1 saturated carbocycles. The molecule has 0 radical (unpaired) electrons. The highest BCUT2D eigenvalue weighted by Crippen LogP contribution is 2.36. The number of hydrogen-bond acceptors (Lipinski definition) is 5. The van der Waals surface area contributed by atoms with E-state index < -0.39 is 0 Å². The third kappa shape index (κ3) is 2.10. The highest BCUT2D eigenvalue weighted by molar-refractivity contribution is 9.10. The van der Waals surface area contributed by atoms with Crippen LogP contribution in [0.15, 0.2) is 27.5 Å². The summed E-state index contributed by atoms with van der Waals surface area (Å²) >= 11 is 3.35. The van der Waals surface area contributed by atoms with Crippen LogP contribution in [0.2, 0.25) is 0 Å². The van der Waals surface area contributed by atoms with E-state index in [2.05, 4.69) is 31.1 Å². The van der Waals surface area contributed by atoms with Crippen LogP contribution in [0.4, 0.5) is 0 Å². The minimum absolute atomic E-state index is 0.200. The molecule has 2 heterocycles. The van der Waals surface area contributed by atoms with Gasteiger partial charge in [0.1, 0.15) is 0 Å². The predicted molar refractivity (Wildman–Crippen MR) is 63.2 cm³/mol. The summed E-state index contributed by atoms with van der Waals surface area (Å²) in [6.07, 6.45) is 4.58. The Morgan fingerprint density at radius 1 is 1.35 bits per heavy atom. The fourth-order valence-electron chi connectivity index (χ4n) is 1.84. The van der Waals surface area contributed by atoms with Crippen LogP contribution in [0.3, 0.4) is 0 Å². The number of rotatable bonds is 2. The summed E-state index contributed by atoms with van der Waals surface area (Å²) in [5, 5.41) is 13.2. The quantitative estimate of drug-likeness (QED) is 0.919. The molecule has 0 amide bonds. The van der Waals surface area contributed by atoms with E-state index in [1.54, 1.807) is 12.4 Å². The Morgan fingerprint density at radius 3 is 2.88 bits per heavy atom. The number of aliphatic hydroxyl groups excluding tert-OH is 1. The van der Waals surface area contributed by atoms with Gasteiger partial charge in [-0.2, -0.15) is 4.98 Å². The average molecular weight is 296 g/mol. The van der Waals surface area contributed by atoms with E-state index in [0.29, 0.717) is 24.6 Å². The van der Waals surface area contributed by atoms with Crippen molar-refractivity contribution in [2.75, 3.05) is 0 Å². The third-order valence-corrected chi connectivity index (χ3v) is 3.30. The van der Waals surface area contributed by atoms with E-state index in [-0.39, 0.29) is 12.0 Å². The maximum Gasteiger partial charge on any atom is 0.230 e. The normalized spacial score (nSPS) is 23.4. The van der Waals surface area contributed by atoms with Crippen LogP contribution in [0.25, 0.3) is 11.4 Å². The van der Waals surface area contributed by atoms with Crippen LogP contribution in [0.1, 0.15) is 24.7 Å². The molecule has 1 aliphatic carbocycles. The van der Waals surface area contributed by atoms with E-state index in [9.17, 15) is 5.11 Å². The molecule has 0 unspecified atom stereocenters. The van der Waals surface area contributed by atoms with E-state index in [4.69, 9.17) is 4.52 Å². The smallest absolute Gasteiger partial charge is 0.230 e. The molecule has 0 saturated heterocycles. The lowest BCUT2D eigenvalue weighted by Crippen LogP contribution is -2.26. The van der Waals surface area contributed by atoms with Gasteiger partial charge in [-0.3, -0.25) is 4.98 Å². The van der Waals surface area contributed by atoms with Crippen LogP contribution in [0.5, 0.6) is 0 Å². The molecular formula is C11H10BrN3O2. The summed E-state index contributed by atoms with van der Waals surface area (Å²) in [5.41, 5.74) is 0.814. The zero-order valence-corrected chi connectivity index (χ0v) is 10.5. The van der Waals surface area contributed by atoms with Crippen molar-refractivity contribution < 1.29 is 9.63 Å². The third-order valence-electron chi connectivity index (χ3n) is 2.87. The molecule has 1 fully saturated rings. The van der Waals surface area contributed by atoms with Gasteiger partial charge in [0, 0.05) is 28.3 Å². The first-order valence-corrected chi connectivity index (χ1v) is 6.14. The van der Waals surface area contributed by atoms with E-state index in [1.807, 2.05) is 6.07 Å². The molecular weight excluding hydrogens is 286 g/mol. The Kier molecular flexibility index (Phi) is 2.68. The zero-order chi connectivity index (χ0) is 11.8. The number of nitrogens with zero attached hydrogens (tertiary/aromatic N) is 3. The molecule has 0 aromatic carbocycles. The van der Waals surface area contributed by atoms with Crippen LogP contribution >= 0.6 is 15.9 Å². The summed E-state index contributed by atoms with van der Waals surface area (Å²) in [4.78, 5) is 8.38. The molecule has 17 heavy (non-hydrogen) atoms. The average Bonchev–Trinajstić information content (AvgIpc) is 2.74. The molecule has 0 aliphatic heterocycles. The largest absolute Gasteiger partial charge is 0.393 e. The zero-order valence-electron chi connectivity index (χ0n) is 8.88. The van der Waals surface area contributed by atoms with Crippen molar-refractivity contribution in [3.63, 3.8) is 0 Å². The number of hydrogen-bond donors (Lipinski definition) is 1. The van der Waals surface area contributed by atoms with Crippen molar-refractivity contribution in [3.05, 3.63) is 28.8 Å². The molecule has 3 rings (SSSR count). The molecule has 2 aromatic rings. The van der Waals surface area contributed by atoms with Crippen molar-refractivity contribution >= 4 is 15.9 Å². The first-order chi connectivity index (χ1) is 8.22. The lowest BCUT2D eigenvalue weighted by atomic mass is 9.82. The Morgan fingerprint density at radius 2 is 2.18 bits per heavy atom. The second-order valence-corrected chi connectivity index (χ2v) is 5.09. The fraction of sp³-hybridized carbons (Fsp3) is 0.364. The molecule has 1 aliphatic rings. The number of halogens is 1. The summed E-state index contributed by atoms with van der Waals surface area (Å²) in [6.45, 7) is 0. The number of aliphatic hydroxyl groups is 1. The van der Waals surface area contributed by atoms with Gasteiger partial charge in [0.15, 0.2) is 0 Å². The van der Waals surface area contributed by atoms with Crippen molar-refractivity contribution in [1.29, 1.82) is 0 Å². The molecule has 6 heteroatoms. The standard InChI is InChI=1S/C11H10BrN3O2/c12-8-1-7(4-13-5-8)10-14-11(17-15-10)6-2-9(16)3-6/h1,4-6,9,16H,2-3H2. The second-order valence-electron chi connectivity index (χ2n) is 4.17. The number of aromatic nitrogens is 3. The molecule has 1 N–H and O–H groups in total. The lowest BCUT2D eigenvalue weighted by Gasteiger charge is -2.27. The number of pyridine rings is 1. The van der Waals surface area contributed by atoms with Gasteiger partial charge >= 0.3 is 0 Å². The minimum atomic E-state index is -0.220. The van der Waals surface area contributed by atoms with Crippen molar-refractivity contribution in [2.45, 2.75) is 24.9 Å². The van der Waals surface area contributed by atoms with Crippen molar-refractivity contribution in [1.82, 2.24) is 15.1 Å². The Labute approximate surface area is 106 Å². The molecule has 2 aromatic heterocycles. The molecule has 88 valence electrons. The van der Waals surface area contributed by atoms with Gasteiger partial charge in [-0.25, -0.2) is 0 Å². The summed E-state index contributed by atoms with van der Waals surface area (Å²) in [5.74, 6) is 1.34. The van der Waals surface area contributed by atoms with Crippen LogP contribution < -0.4 is 0 Å². The SMILES string of the molecule is OC1CC(c2nc(-c3cncc(Br)c3)no2)C1. The topological polar surface area (TPSA) is 72.0 Å². The maximum atomic E-state index is 9.23. The van der Waals surface area contributed by atoms with Gasteiger partial charge in [-0.15, -0.1) is 0 Å². The molecule has 5 nitrogen and oxygen atoms in total. The first kappa shape index (κ1) is 10.9. The monoisotopic (exact) mass is 295 g/mol. The summed E-state index contributed by atoms with van der Waals surface area (Å²) < 4.78 is 6.07. The van der Waals surface area contributed by atoms with E-state index >= 15 is 0 Å². The minimum Gasteiger partial charge on any atom is -0.393 e. The Hall–Kier alpha value is -1.27. The van der Waals surface area contributed by atoms with Gasteiger partial charge in [-0.05, 0) is 34.8 Å². The van der Waals surface area contributed by atoms with Gasteiger partial charge in [-0.1, -0.05) is 5.16 Å². The van der Waals surface area contributed by atoms with Gasteiger partial charge < -0.3 is 9.63 Å². The lowest BCUT2D eigenvalue weighted by molar-refractivity contribution is 0.0625.